The van der Waals surface area contributed by atoms with Crippen molar-refractivity contribution in [2.45, 2.75) is 184 Å². The second kappa shape index (κ2) is 37.4. The molecular weight excluding hydrogens is 853 g/mol. The van der Waals surface area contributed by atoms with E-state index >= 15 is 0 Å². The molecule has 374 valence electrons. The molecule has 2 rings (SSSR count). The van der Waals surface area contributed by atoms with Crippen LogP contribution in [0.25, 0.3) is 0 Å². The van der Waals surface area contributed by atoms with Gasteiger partial charge in [-0.05, 0) is 70.6 Å². The number of hydrogen-bond donors (Lipinski definition) is 7. The molecule has 0 amide bonds. The van der Waals surface area contributed by atoms with E-state index in [1.165, 1.54) is 0 Å². The van der Waals surface area contributed by atoms with E-state index in [4.69, 9.17) is 28.4 Å². The lowest BCUT2D eigenvalue weighted by molar-refractivity contribution is -0.332. The molecule has 7 N–H and O–H groups in total. The van der Waals surface area contributed by atoms with Crippen molar-refractivity contribution in [2.24, 2.45) is 0 Å². The zero-order chi connectivity index (χ0) is 48.2. The van der Waals surface area contributed by atoms with Crippen molar-refractivity contribution in [3.05, 3.63) is 97.2 Å². The second-order valence-corrected chi connectivity index (χ2v) is 16.3. The highest BCUT2D eigenvalue weighted by Gasteiger charge is 2.47. The first-order valence-corrected chi connectivity index (χ1v) is 23.9. The highest BCUT2D eigenvalue weighted by molar-refractivity contribution is 5.70. The molecule has 2 saturated heterocycles. The first kappa shape index (κ1) is 58.5. The summed E-state index contributed by atoms with van der Waals surface area (Å²) in [5, 5.41) is 72.0. The third-order valence-electron chi connectivity index (χ3n) is 10.7. The molecule has 0 aromatic heterocycles. The van der Waals surface area contributed by atoms with Crippen molar-refractivity contribution in [1.29, 1.82) is 0 Å². The number of ether oxygens (including phenoxy) is 6. The van der Waals surface area contributed by atoms with Gasteiger partial charge in [-0.15, -0.1) is 0 Å². The third kappa shape index (κ3) is 25.5. The van der Waals surface area contributed by atoms with Crippen LogP contribution in [0, 0.1) is 0 Å². The van der Waals surface area contributed by atoms with Crippen LogP contribution in [-0.4, -0.2) is 142 Å². The Bertz CT molecular complexity index is 1520. The molecule has 0 aromatic rings. The predicted molar refractivity (Wildman–Crippen MR) is 252 cm³/mol. The number of hydrogen-bond acceptors (Lipinski definition) is 15. The molecule has 0 aromatic carbocycles. The Morgan fingerprint density at radius 1 is 0.500 bits per heavy atom. The zero-order valence-corrected chi connectivity index (χ0v) is 39.1. The summed E-state index contributed by atoms with van der Waals surface area (Å²) in [7, 11) is 0. The molecular formula is C51H80O15. The Balaban J connectivity index is 1.87. The van der Waals surface area contributed by atoms with Crippen LogP contribution in [0.5, 0.6) is 0 Å². The summed E-state index contributed by atoms with van der Waals surface area (Å²) >= 11 is 0. The summed E-state index contributed by atoms with van der Waals surface area (Å²) in [4.78, 5) is 25.7. The Labute approximate surface area is 392 Å². The number of allylic oxidation sites excluding steroid dienone is 16. The van der Waals surface area contributed by atoms with Gasteiger partial charge in [0.2, 0.25) is 0 Å². The van der Waals surface area contributed by atoms with Gasteiger partial charge >= 0.3 is 11.9 Å². The Morgan fingerprint density at radius 2 is 0.985 bits per heavy atom. The maximum atomic E-state index is 13.0. The Morgan fingerprint density at radius 3 is 1.64 bits per heavy atom. The Kier molecular flexibility index (Phi) is 33.2. The molecule has 15 nitrogen and oxygen atoms in total. The van der Waals surface area contributed by atoms with Gasteiger partial charge < -0.3 is 64.2 Å². The fraction of sp³-hybridized carbons (Fsp3) is 0.647. The summed E-state index contributed by atoms with van der Waals surface area (Å²) < 4.78 is 33.4. The van der Waals surface area contributed by atoms with Crippen LogP contribution in [0.2, 0.25) is 0 Å². The van der Waals surface area contributed by atoms with E-state index in [0.29, 0.717) is 12.8 Å². The van der Waals surface area contributed by atoms with Gasteiger partial charge in [0.1, 0.15) is 55.4 Å². The fourth-order valence-corrected chi connectivity index (χ4v) is 6.74. The van der Waals surface area contributed by atoms with E-state index in [0.717, 1.165) is 77.0 Å². The van der Waals surface area contributed by atoms with Crippen LogP contribution in [0.3, 0.4) is 0 Å². The van der Waals surface area contributed by atoms with Crippen molar-refractivity contribution in [1.82, 2.24) is 0 Å². The predicted octanol–water partition coefficient (Wildman–Crippen LogP) is 5.81. The van der Waals surface area contributed by atoms with E-state index in [2.05, 4.69) is 74.6 Å². The summed E-state index contributed by atoms with van der Waals surface area (Å²) in [6.07, 6.45) is 28.7. The molecule has 0 radical (unpaired) electrons. The lowest BCUT2D eigenvalue weighted by atomic mass is 9.98. The number of rotatable bonds is 34. The van der Waals surface area contributed by atoms with Crippen molar-refractivity contribution in [2.75, 3.05) is 26.4 Å². The number of carbonyl (C=O) groups is 2. The molecule has 2 fully saturated rings. The number of aliphatic hydroxyl groups is 7. The van der Waals surface area contributed by atoms with Gasteiger partial charge in [-0.25, -0.2) is 0 Å². The zero-order valence-electron chi connectivity index (χ0n) is 39.1. The van der Waals surface area contributed by atoms with Gasteiger partial charge in [0.25, 0.3) is 0 Å². The van der Waals surface area contributed by atoms with Gasteiger partial charge in [0, 0.05) is 12.8 Å². The Hall–Kier alpha value is -3.58. The van der Waals surface area contributed by atoms with Crippen LogP contribution in [0.1, 0.15) is 117 Å². The maximum absolute atomic E-state index is 13.0. The second-order valence-electron chi connectivity index (χ2n) is 16.3. The van der Waals surface area contributed by atoms with Crippen molar-refractivity contribution >= 4 is 11.9 Å². The molecule has 2 heterocycles. The number of carbonyl (C=O) groups excluding carboxylic acids is 2. The quantitative estimate of drug-likeness (QED) is 0.0175. The van der Waals surface area contributed by atoms with E-state index < -0.39 is 99.3 Å². The molecule has 0 spiro atoms. The highest BCUT2D eigenvalue weighted by atomic mass is 16.7. The fourth-order valence-electron chi connectivity index (χ4n) is 6.74. The number of esters is 2. The van der Waals surface area contributed by atoms with E-state index in [1.807, 2.05) is 36.5 Å². The lowest BCUT2D eigenvalue weighted by Gasteiger charge is -2.42. The highest BCUT2D eigenvalue weighted by Crippen LogP contribution is 2.26. The number of unbranched alkanes of at least 4 members (excludes halogenated alkanes) is 7. The van der Waals surface area contributed by atoms with Crippen LogP contribution in [0.15, 0.2) is 97.2 Å². The maximum Gasteiger partial charge on any atom is 0.306 e. The van der Waals surface area contributed by atoms with Crippen LogP contribution >= 0.6 is 0 Å². The standard InChI is InChI=1S/C51H80O15/c1-3-5-7-9-11-13-15-17-19-21-23-25-27-29-31-33-42(53)61-36-39(64-43(54)34-32-30-28-26-24-22-20-18-16-14-12-10-8-6-4-2)37-62-50-49(60)47(58)45(56)41(66-50)38-63-51-48(59)46(57)44(55)40(35-52)65-51/h5-9,11-15,17-20,24,26,39-41,44-52,55-60H,3-4,10,16,21-23,25,27-38H2,1-2H3/b7-5+,8-6+,11-9+,14-12+,15-13+,19-17+,20-18+,26-24+/t39-,40-,41-,44+,45+,46?,47?,48?,49?,50-,51-/m1/s1. The minimum absolute atomic E-state index is 0.101. The molecule has 66 heavy (non-hydrogen) atoms. The van der Waals surface area contributed by atoms with Crippen molar-refractivity contribution < 1.29 is 73.8 Å². The van der Waals surface area contributed by atoms with Crippen LogP contribution in [0.4, 0.5) is 0 Å². The van der Waals surface area contributed by atoms with Crippen LogP contribution < -0.4 is 0 Å². The monoisotopic (exact) mass is 933 g/mol. The molecule has 0 aliphatic carbocycles. The normalized spacial score (nSPS) is 27.0. The molecule has 4 unspecified atom stereocenters. The van der Waals surface area contributed by atoms with E-state index in [1.54, 1.807) is 0 Å². The minimum Gasteiger partial charge on any atom is -0.462 e. The van der Waals surface area contributed by atoms with Gasteiger partial charge in [0.15, 0.2) is 18.7 Å². The van der Waals surface area contributed by atoms with Crippen molar-refractivity contribution in [3.8, 4) is 0 Å². The van der Waals surface area contributed by atoms with Gasteiger partial charge in [0.05, 0.1) is 19.8 Å². The van der Waals surface area contributed by atoms with Crippen molar-refractivity contribution in [3.63, 3.8) is 0 Å². The molecule has 2 aliphatic heterocycles. The third-order valence-corrected chi connectivity index (χ3v) is 10.7. The number of aliphatic hydroxyl groups excluding tert-OH is 7. The molecule has 2 aliphatic rings. The minimum atomic E-state index is -1.78. The van der Waals surface area contributed by atoms with Gasteiger partial charge in [-0.1, -0.05) is 130 Å². The average Bonchev–Trinajstić information content (AvgIpc) is 3.31. The molecule has 0 saturated carbocycles. The summed E-state index contributed by atoms with van der Waals surface area (Å²) in [5.41, 5.74) is 0. The van der Waals surface area contributed by atoms with Gasteiger partial charge in [-0.3, -0.25) is 9.59 Å². The van der Waals surface area contributed by atoms with E-state index in [9.17, 15) is 45.3 Å². The smallest absolute Gasteiger partial charge is 0.306 e. The first-order chi connectivity index (χ1) is 32.0. The van der Waals surface area contributed by atoms with Gasteiger partial charge in [-0.2, -0.15) is 0 Å². The SMILES string of the molecule is CC/C=C/C=C/C=C/C=C/CCCCCCCC(=O)OC[C@H](CO[C@@H]1O[C@H](CO[C@@H]2O[C@H](CO)[C@H](O)C(O)C2O)[C@H](O)C(O)C1O)OC(=O)CCCC/C=C/C/C=C/C/C=C/C/C=C/CC. The first-order valence-electron chi connectivity index (χ1n) is 23.9. The van der Waals surface area contributed by atoms with E-state index in [-0.39, 0.29) is 19.4 Å². The molecule has 0 bridgehead atoms. The summed E-state index contributed by atoms with van der Waals surface area (Å²) in [5.74, 6) is -1.01. The largest absolute Gasteiger partial charge is 0.462 e. The topological polar surface area (TPSA) is 231 Å². The van der Waals surface area contributed by atoms with Crippen LogP contribution in [-0.2, 0) is 38.0 Å². The molecule has 15 heteroatoms. The average molecular weight is 933 g/mol. The lowest BCUT2D eigenvalue weighted by Crippen LogP contribution is -2.61. The summed E-state index contributed by atoms with van der Waals surface area (Å²) in [6.45, 7) is 2.22. The summed E-state index contributed by atoms with van der Waals surface area (Å²) in [6, 6.07) is 0. The molecule has 11 atom stereocenters.